The van der Waals surface area contributed by atoms with Crippen LogP contribution >= 0.6 is 0 Å². The topological polar surface area (TPSA) is 64.6 Å². The molecular formula is C24H34O7. The molecule has 0 atom stereocenters. The van der Waals surface area contributed by atoms with Crippen molar-refractivity contribution in [3.63, 3.8) is 0 Å². The van der Waals surface area contributed by atoms with Crippen LogP contribution in [0, 0.1) is 0 Å². The van der Waals surface area contributed by atoms with E-state index in [1.165, 1.54) is 0 Å². The minimum Gasteiger partial charge on any atom is -0.491 e. The van der Waals surface area contributed by atoms with Gasteiger partial charge in [0.05, 0.1) is 66.1 Å². The number of para-hydroxylation sites is 2. The molecule has 0 radical (unpaired) electrons. The first kappa shape index (κ1) is 25.1. The van der Waals surface area contributed by atoms with Gasteiger partial charge in [0.2, 0.25) is 0 Å². The molecule has 2 rings (SSSR count). The van der Waals surface area contributed by atoms with E-state index in [0.717, 1.165) is 11.5 Å². The lowest BCUT2D eigenvalue weighted by Gasteiger charge is -2.09. The Kier molecular flexibility index (Phi) is 15.1. The van der Waals surface area contributed by atoms with Crippen molar-refractivity contribution in [1.82, 2.24) is 0 Å². The summed E-state index contributed by atoms with van der Waals surface area (Å²) in [6, 6.07) is 19.4. The zero-order valence-electron chi connectivity index (χ0n) is 18.1. The molecule has 2 aromatic rings. The summed E-state index contributed by atoms with van der Waals surface area (Å²) in [5.41, 5.74) is 0. The third-order valence-electron chi connectivity index (χ3n) is 3.97. The minimum absolute atomic E-state index is 0.527. The van der Waals surface area contributed by atoms with Gasteiger partial charge in [-0.05, 0) is 24.3 Å². The van der Waals surface area contributed by atoms with Gasteiger partial charge >= 0.3 is 0 Å². The van der Waals surface area contributed by atoms with Crippen molar-refractivity contribution in [2.45, 2.75) is 0 Å². The minimum atomic E-state index is 0.527. The third kappa shape index (κ3) is 14.5. The first-order valence-corrected chi connectivity index (χ1v) is 10.7. The Morgan fingerprint density at radius 3 is 0.871 bits per heavy atom. The normalized spacial score (nSPS) is 10.8. The zero-order valence-corrected chi connectivity index (χ0v) is 18.1. The SMILES string of the molecule is c1ccc(OCCOCCOCCOCCOCCOCCOc2ccccc2)cc1. The van der Waals surface area contributed by atoms with E-state index in [1.54, 1.807) is 0 Å². The molecule has 0 heterocycles. The summed E-state index contributed by atoms with van der Waals surface area (Å²) in [6.45, 7) is 6.43. The van der Waals surface area contributed by atoms with Gasteiger partial charge in [0, 0.05) is 0 Å². The Balaban J connectivity index is 1.22. The van der Waals surface area contributed by atoms with Crippen LogP contribution in [-0.4, -0.2) is 79.3 Å². The van der Waals surface area contributed by atoms with Gasteiger partial charge < -0.3 is 33.2 Å². The monoisotopic (exact) mass is 434 g/mol. The maximum absolute atomic E-state index is 5.54. The Labute approximate surface area is 185 Å². The lowest BCUT2D eigenvalue weighted by molar-refractivity contribution is -0.0141. The summed E-state index contributed by atoms with van der Waals surface area (Å²) in [4.78, 5) is 0. The number of ether oxygens (including phenoxy) is 7. The van der Waals surface area contributed by atoms with Crippen molar-refractivity contribution in [2.75, 3.05) is 79.3 Å². The highest BCUT2D eigenvalue weighted by Gasteiger charge is 1.95. The fourth-order valence-corrected chi connectivity index (χ4v) is 2.45. The Hall–Kier alpha value is -2.16. The van der Waals surface area contributed by atoms with E-state index in [0.29, 0.717) is 79.3 Å². The summed E-state index contributed by atoms with van der Waals surface area (Å²) in [7, 11) is 0. The Morgan fingerprint density at radius 2 is 0.581 bits per heavy atom. The van der Waals surface area contributed by atoms with Gasteiger partial charge in [-0.3, -0.25) is 0 Å². The fraction of sp³-hybridized carbons (Fsp3) is 0.500. The van der Waals surface area contributed by atoms with Crippen LogP contribution < -0.4 is 9.47 Å². The van der Waals surface area contributed by atoms with Crippen molar-refractivity contribution in [2.24, 2.45) is 0 Å². The third-order valence-corrected chi connectivity index (χ3v) is 3.97. The summed E-state index contributed by atoms with van der Waals surface area (Å²) < 4.78 is 38.3. The number of benzene rings is 2. The van der Waals surface area contributed by atoms with E-state index < -0.39 is 0 Å². The van der Waals surface area contributed by atoms with Crippen molar-refractivity contribution in [1.29, 1.82) is 0 Å². The molecule has 0 aliphatic rings. The molecule has 0 aliphatic heterocycles. The maximum atomic E-state index is 5.54. The second kappa shape index (κ2) is 18.6. The van der Waals surface area contributed by atoms with Gasteiger partial charge in [-0.2, -0.15) is 0 Å². The van der Waals surface area contributed by atoms with Crippen LogP contribution in [0.15, 0.2) is 60.7 Å². The summed E-state index contributed by atoms with van der Waals surface area (Å²) >= 11 is 0. The second-order valence-electron chi connectivity index (χ2n) is 6.38. The highest BCUT2D eigenvalue weighted by molar-refractivity contribution is 5.21. The molecule has 172 valence electrons. The molecule has 7 nitrogen and oxygen atoms in total. The number of hydrogen-bond acceptors (Lipinski definition) is 7. The molecule has 0 unspecified atom stereocenters. The van der Waals surface area contributed by atoms with E-state index in [2.05, 4.69) is 0 Å². The second-order valence-corrected chi connectivity index (χ2v) is 6.38. The first-order chi connectivity index (χ1) is 15.4. The van der Waals surface area contributed by atoms with Crippen LogP contribution in [0.3, 0.4) is 0 Å². The van der Waals surface area contributed by atoms with E-state index in [4.69, 9.17) is 33.2 Å². The summed E-state index contributed by atoms with van der Waals surface area (Å²) in [5.74, 6) is 1.70. The van der Waals surface area contributed by atoms with Gasteiger partial charge in [0.25, 0.3) is 0 Å². The Morgan fingerprint density at radius 1 is 0.323 bits per heavy atom. The largest absolute Gasteiger partial charge is 0.491 e. The maximum Gasteiger partial charge on any atom is 0.119 e. The zero-order chi connectivity index (χ0) is 21.7. The van der Waals surface area contributed by atoms with E-state index in [1.807, 2.05) is 60.7 Å². The number of rotatable bonds is 20. The van der Waals surface area contributed by atoms with Gasteiger partial charge in [0.15, 0.2) is 0 Å². The molecule has 31 heavy (non-hydrogen) atoms. The quantitative estimate of drug-likeness (QED) is 0.297. The molecule has 0 spiro atoms. The van der Waals surface area contributed by atoms with E-state index >= 15 is 0 Å². The molecule has 0 aromatic heterocycles. The highest BCUT2D eigenvalue weighted by Crippen LogP contribution is 2.08. The van der Waals surface area contributed by atoms with Crippen LogP contribution in [0.4, 0.5) is 0 Å². The fourth-order valence-electron chi connectivity index (χ4n) is 2.45. The molecular weight excluding hydrogens is 400 g/mol. The molecule has 0 saturated heterocycles. The number of hydrogen-bond donors (Lipinski definition) is 0. The van der Waals surface area contributed by atoms with Crippen LogP contribution in [0.2, 0.25) is 0 Å². The van der Waals surface area contributed by atoms with Crippen molar-refractivity contribution in [3.05, 3.63) is 60.7 Å². The van der Waals surface area contributed by atoms with E-state index in [9.17, 15) is 0 Å². The average Bonchev–Trinajstić information content (AvgIpc) is 2.82. The molecule has 7 heteroatoms. The standard InChI is InChI=1S/C24H34O7/c1-3-7-23(8-4-1)30-21-19-28-17-15-26-13-11-25-12-14-27-16-18-29-20-22-31-24-9-5-2-6-10-24/h1-10H,11-22H2. The van der Waals surface area contributed by atoms with Gasteiger partial charge in [-0.1, -0.05) is 36.4 Å². The highest BCUT2D eigenvalue weighted by atomic mass is 16.6. The molecule has 0 aliphatic carbocycles. The van der Waals surface area contributed by atoms with E-state index in [-0.39, 0.29) is 0 Å². The summed E-state index contributed by atoms with van der Waals surface area (Å²) in [5, 5.41) is 0. The van der Waals surface area contributed by atoms with Crippen LogP contribution in [0.1, 0.15) is 0 Å². The molecule has 0 amide bonds. The van der Waals surface area contributed by atoms with Crippen LogP contribution in [-0.2, 0) is 23.7 Å². The molecule has 0 fully saturated rings. The van der Waals surface area contributed by atoms with Gasteiger partial charge in [-0.25, -0.2) is 0 Å². The first-order valence-electron chi connectivity index (χ1n) is 10.7. The molecule has 2 aromatic carbocycles. The summed E-state index contributed by atoms with van der Waals surface area (Å²) in [6.07, 6.45) is 0. The van der Waals surface area contributed by atoms with Gasteiger partial charge in [-0.15, -0.1) is 0 Å². The van der Waals surface area contributed by atoms with Crippen molar-refractivity contribution in [3.8, 4) is 11.5 Å². The lowest BCUT2D eigenvalue weighted by atomic mass is 10.3. The van der Waals surface area contributed by atoms with Gasteiger partial charge in [0.1, 0.15) is 24.7 Å². The predicted octanol–water partition coefficient (Wildman–Crippen LogP) is 3.23. The molecule has 0 N–H and O–H groups in total. The predicted molar refractivity (Wildman–Crippen MR) is 118 cm³/mol. The van der Waals surface area contributed by atoms with Crippen LogP contribution in [0.25, 0.3) is 0 Å². The van der Waals surface area contributed by atoms with Crippen molar-refractivity contribution < 1.29 is 33.2 Å². The van der Waals surface area contributed by atoms with Crippen molar-refractivity contribution >= 4 is 0 Å². The average molecular weight is 435 g/mol. The smallest absolute Gasteiger partial charge is 0.119 e. The molecule has 0 bridgehead atoms. The van der Waals surface area contributed by atoms with Crippen LogP contribution in [0.5, 0.6) is 11.5 Å². The Bertz CT molecular complexity index is 569. The lowest BCUT2D eigenvalue weighted by Crippen LogP contribution is -2.15. The molecule has 0 saturated carbocycles.